The van der Waals surface area contributed by atoms with E-state index < -0.39 is 60.9 Å². The van der Waals surface area contributed by atoms with Crippen molar-refractivity contribution in [3.05, 3.63) is 0 Å². The van der Waals surface area contributed by atoms with E-state index in [1.807, 2.05) is 6.92 Å². The van der Waals surface area contributed by atoms with Gasteiger partial charge in [0.15, 0.2) is 18.9 Å². The number of hydrogen-bond donors (Lipinski definition) is 5. The van der Waals surface area contributed by atoms with Gasteiger partial charge in [0.05, 0.1) is 0 Å². The predicted octanol–water partition coefficient (Wildman–Crippen LogP) is -2.41. The lowest BCUT2D eigenvalue weighted by molar-refractivity contribution is -0.381. The molecule has 2 heterocycles. The third-order valence-corrected chi connectivity index (χ3v) is 5.17. The summed E-state index contributed by atoms with van der Waals surface area (Å²) in [6.07, 6.45) is -12.2. The Morgan fingerprint density at radius 3 is 1.92 bits per heavy atom. The van der Waals surface area contributed by atoms with Gasteiger partial charge in [0, 0.05) is 14.2 Å². The average Bonchev–Trinajstić information content (AvgIpc) is 2.61. The Labute approximate surface area is 149 Å². The maximum Gasteiger partial charge on any atom is 0.189 e. The van der Waals surface area contributed by atoms with E-state index >= 15 is 0 Å². The summed E-state index contributed by atoms with van der Waals surface area (Å²) in [5.41, 5.74) is -0.707. The summed E-state index contributed by atoms with van der Waals surface area (Å²) in [6.45, 7) is 1.88. The molecule has 0 aliphatic carbocycles. The first kappa shape index (κ1) is 21.3. The first-order valence-electron chi connectivity index (χ1n) is 7.89. The van der Waals surface area contributed by atoms with Crippen molar-refractivity contribution in [1.29, 1.82) is 0 Å². The second-order valence-corrected chi connectivity index (χ2v) is 7.10. The van der Waals surface area contributed by atoms with Crippen molar-refractivity contribution >= 4 is 11.8 Å². The molecular formula is C14H26O10S. The SMILES string of the molecule is CCS[C@@H]1O[C@H](OC)C(OC2O[C@H](OC)C(O)[C@H](O)C2O)[C@H](O)[C@H]1O. The molecule has 2 aliphatic heterocycles. The molecule has 0 aromatic carbocycles. The quantitative estimate of drug-likeness (QED) is 0.332. The normalized spacial score (nSPS) is 48.5. The lowest BCUT2D eigenvalue weighted by Gasteiger charge is -2.45. The van der Waals surface area contributed by atoms with E-state index in [0.717, 1.165) is 0 Å². The summed E-state index contributed by atoms with van der Waals surface area (Å²) in [4.78, 5) is 0. The van der Waals surface area contributed by atoms with Crippen LogP contribution in [0.4, 0.5) is 0 Å². The zero-order valence-corrected chi connectivity index (χ0v) is 15.0. The molecule has 2 fully saturated rings. The third kappa shape index (κ3) is 4.45. The Bertz CT molecular complexity index is 411. The van der Waals surface area contributed by atoms with Crippen LogP contribution in [0.5, 0.6) is 0 Å². The second kappa shape index (κ2) is 9.24. The summed E-state index contributed by atoms with van der Waals surface area (Å²) in [6, 6.07) is 0. The van der Waals surface area contributed by atoms with Crippen molar-refractivity contribution in [1.82, 2.24) is 0 Å². The zero-order valence-electron chi connectivity index (χ0n) is 14.2. The summed E-state index contributed by atoms with van der Waals surface area (Å²) in [7, 11) is 2.59. The number of rotatable bonds is 6. The van der Waals surface area contributed by atoms with Gasteiger partial charge in [0.25, 0.3) is 0 Å². The van der Waals surface area contributed by atoms with Crippen LogP contribution >= 0.6 is 11.8 Å². The molecule has 0 spiro atoms. The highest BCUT2D eigenvalue weighted by Crippen LogP contribution is 2.32. The molecule has 2 aliphatic rings. The molecular weight excluding hydrogens is 360 g/mol. The van der Waals surface area contributed by atoms with Crippen molar-refractivity contribution < 1.29 is 49.2 Å². The smallest absolute Gasteiger partial charge is 0.189 e. The highest BCUT2D eigenvalue weighted by Gasteiger charge is 2.51. The van der Waals surface area contributed by atoms with Crippen molar-refractivity contribution in [3.8, 4) is 0 Å². The van der Waals surface area contributed by atoms with E-state index in [4.69, 9.17) is 23.7 Å². The summed E-state index contributed by atoms with van der Waals surface area (Å²) in [5.74, 6) is 0.653. The van der Waals surface area contributed by atoms with Crippen LogP contribution in [0, 0.1) is 0 Å². The fraction of sp³-hybridized carbons (Fsp3) is 1.00. The molecule has 25 heavy (non-hydrogen) atoms. The molecule has 2 rings (SSSR count). The monoisotopic (exact) mass is 386 g/mol. The minimum Gasteiger partial charge on any atom is -0.387 e. The summed E-state index contributed by atoms with van der Waals surface area (Å²) >= 11 is 1.30. The molecule has 0 radical (unpaired) electrons. The van der Waals surface area contributed by atoms with E-state index in [-0.39, 0.29) is 0 Å². The van der Waals surface area contributed by atoms with Crippen LogP contribution in [0.15, 0.2) is 0 Å². The standard InChI is InChI=1S/C14H26O10S/c1-4-25-14-9(19)6(16)10(13(21-3)24-14)22-12-8(18)5(15)7(17)11(20-2)23-12/h5-19H,4H2,1-3H3/t5-,6+,7?,8?,9+,10?,11-,12?,13-,14-/m0/s1. The molecule has 0 bridgehead atoms. The van der Waals surface area contributed by atoms with Crippen LogP contribution in [0.25, 0.3) is 0 Å². The fourth-order valence-corrected chi connectivity index (χ4v) is 3.60. The molecule has 148 valence electrons. The van der Waals surface area contributed by atoms with Crippen molar-refractivity contribution in [2.75, 3.05) is 20.0 Å². The highest BCUT2D eigenvalue weighted by atomic mass is 32.2. The lowest BCUT2D eigenvalue weighted by atomic mass is 10.0. The van der Waals surface area contributed by atoms with Crippen LogP contribution in [0.2, 0.25) is 0 Å². The van der Waals surface area contributed by atoms with E-state index in [1.54, 1.807) is 0 Å². The van der Waals surface area contributed by atoms with E-state index in [0.29, 0.717) is 5.75 Å². The molecule has 10 atom stereocenters. The Morgan fingerprint density at radius 2 is 1.36 bits per heavy atom. The zero-order chi connectivity index (χ0) is 18.7. The molecule has 0 saturated carbocycles. The van der Waals surface area contributed by atoms with Gasteiger partial charge in [-0.2, -0.15) is 0 Å². The number of methoxy groups -OCH3 is 2. The van der Waals surface area contributed by atoms with Gasteiger partial charge in [0.1, 0.15) is 42.1 Å². The average molecular weight is 386 g/mol. The molecule has 0 amide bonds. The van der Waals surface area contributed by atoms with E-state index in [2.05, 4.69) is 0 Å². The Balaban J connectivity index is 2.11. The lowest BCUT2D eigenvalue weighted by Crippen LogP contribution is -2.63. The van der Waals surface area contributed by atoms with Crippen LogP contribution in [0.3, 0.4) is 0 Å². The van der Waals surface area contributed by atoms with Crippen LogP contribution in [0.1, 0.15) is 6.92 Å². The van der Waals surface area contributed by atoms with Gasteiger partial charge in [-0.3, -0.25) is 0 Å². The van der Waals surface area contributed by atoms with Crippen LogP contribution < -0.4 is 0 Å². The minimum atomic E-state index is -1.61. The molecule has 4 unspecified atom stereocenters. The van der Waals surface area contributed by atoms with Gasteiger partial charge in [-0.15, -0.1) is 11.8 Å². The van der Waals surface area contributed by atoms with Gasteiger partial charge < -0.3 is 49.2 Å². The molecule has 0 aromatic heterocycles. The molecule has 0 aromatic rings. The first-order chi connectivity index (χ1) is 11.8. The number of thioether (sulfide) groups is 1. The van der Waals surface area contributed by atoms with Gasteiger partial charge in [0.2, 0.25) is 0 Å². The first-order valence-corrected chi connectivity index (χ1v) is 8.94. The van der Waals surface area contributed by atoms with E-state index in [1.165, 1.54) is 26.0 Å². The molecule has 2 saturated heterocycles. The highest BCUT2D eigenvalue weighted by molar-refractivity contribution is 7.99. The largest absolute Gasteiger partial charge is 0.387 e. The van der Waals surface area contributed by atoms with Gasteiger partial charge in [-0.05, 0) is 5.75 Å². The van der Waals surface area contributed by atoms with E-state index in [9.17, 15) is 25.5 Å². The third-order valence-electron chi connectivity index (χ3n) is 4.11. The Kier molecular flexibility index (Phi) is 7.85. The summed E-state index contributed by atoms with van der Waals surface area (Å²) < 4.78 is 26.4. The molecule has 5 N–H and O–H groups in total. The maximum atomic E-state index is 10.4. The number of aliphatic hydroxyl groups is 5. The van der Waals surface area contributed by atoms with Crippen LogP contribution in [-0.2, 0) is 23.7 Å². The van der Waals surface area contributed by atoms with Gasteiger partial charge >= 0.3 is 0 Å². The van der Waals surface area contributed by atoms with Crippen LogP contribution in [-0.4, -0.2) is 106 Å². The topological polar surface area (TPSA) is 147 Å². The van der Waals surface area contributed by atoms with Crippen molar-refractivity contribution in [3.63, 3.8) is 0 Å². The Morgan fingerprint density at radius 1 is 0.760 bits per heavy atom. The fourth-order valence-electron chi connectivity index (χ4n) is 2.72. The number of aliphatic hydroxyl groups excluding tert-OH is 5. The van der Waals surface area contributed by atoms with Crippen molar-refractivity contribution in [2.24, 2.45) is 0 Å². The molecule has 11 heteroatoms. The number of hydrogen-bond acceptors (Lipinski definition) is 11. The number of ether oxygens (including phenoxy) is 5. The predicted molar refractivity (Wildman–Crippen MR) is 84.4 cm³/mol. The second-order valence-electron chi connectivity index (χ2n) is 5.73. The van der Waals surface area contributed by atoms with Gasteiger partial charge in [-0.25, -0.2) is 0 Å². The maximum absolute atomic E-state index is 10.4. The Hall–Kier alpha value is -0.0500. The summed E-state index contributed by atoms with van der Waals surface area (Å²) in [5, 5.41) is 50.3. The van der Waals surface area contributed by atoms with Crippen molar-refractivity contribution in [2.45, 2.75) is 67.9 Å². The van der Waals surface area contributed by atoms with Gasteiger partial charge in [-0.1, -0.05) is 6.92 Å². The minimum absolute atomic E-state index is 0.653. The molecule has 10 nitrogen and oxygen atoms in total.